The Morgan fingerprint density at radius 1 is 0.750 bits per heavy atom. The van der Waals surface area contributed by atoms with Gasteiger partial charge >= 0.3 is 0 Å². The minimum absolute atomic E-state index is 0.267. The van der Waals surface area contributed by atoms with Crippen LogP contribution in [0.4, 0.5) is 0 Å². The van der Waals surface area contributed by atoms with E-state index in [1.54, 1.807) is 0 Å². The summed E-state index contributed by atoms with van der Waals surface area (Å²) in [6.45, 7) is 1.13. The summed E-state index contributed by atoms with van der Waals surface area (Å²) in [6.07, 6.45) is 4.34. The first-order valence-electron chi connectivity index (χ1n) is 12.8. The third-order valence-electron chi connectivity index (χ3n) is 7.03. The van der Waals surface area contributed by atoms with Crippen LogP contribution in [0.2, 0.25) is 0 Å². The van der Waals surface area contributed by atoms with E-state index in [9.17, 15) is 4.79 Å². The van der Waals surface area contributed by atoms with E-state index in [1.165, 1.54) is 27.8 Å². The van der Waals surface area contributed by atoms with E-state index in [4.69, 9.17) is 9.47 Å². The maximum Gasteiger partial charge on any atom is 0.120 e. The Morgan fingerprint density at radius 2 is 1.47 bits per heavy atom. The van der Waals surface area contributed by atoms with Crippen LogP contribution in [0.25, 0.3) is 0 Å². The van der Waals surface area contributed by atoms with Gasteiger partial charge < -0.3 is 14.3 Å². The molecule has 0 aromatic heterocycles. The quantitative estimate of drug-likeness (QED) is 0.176. The van der Waals surface area contributed by atoms with Gasteiger partial charge in [-0.05, 0) is 77.3 Å². The first-order chi connectivity index (χ1) is 17.8. The van der Waals surface area contributed by atoms with Crippen molar-refractivity contribution in [3.8, 4) is 11.5 Å². The van der Waals surface area contributed by atoms with Gasteiger partial charge in [0.2, 0.25) is 0 Å². The Bertz CT molecular complexity index is 1250. The van der Waals surface area contributed by atoms with E-state index in [1.807, 2.05) is 18.2 Å². The highest BCUT2D eigenvalue weighted by atomic mass is 16.5. The molecule has 3 heteroatoms. The van der Waals surface area contributed by atoms with Crippen molar-refractivity contribution in [1.82, 2.24) is 0 Å². The molecular weight excluding hydrogens is 444 g/mol. The monoisotopic (exact) mass is 476 g/mol. The van der Waals surface area contributed by atoms with Crippen molar-refractivity contribution in [2.24, 2.45) is 0 Å². The van der Waals surface area contributed by atoms with Gasteiger partial charge in [-0.2, -0.15) is 0 Å². The number of hydrogen-bond acceptors (Lipinski definition) is 3. The van der Waals surface area contributed by atoms with Crippen molar-refractivity contribution in [3.05, 3.63) is 131 Å². The van der Waals surface area contributed by atoms with Crippen LogP contribution < -0.4 is 9.47 Å². The normalized spacial score (nSPS) is 16.7. The van der Waals surface area contributed by atoms with Gasteiger partial charge in [0.15, 0.2) is 0 Å². The fourth-order valence-electron chi connectivity index (χ4n) is 5.23. The molecule has 1 aliphatic rings. The predicted octanol–water partition coefficient (Wildman–Crippen LogP) is 7.49. The zero-order valence-corrected chi connectivity index (χ0v) is 20.5. The van der Waals surface area contributed by atoms with Crippen LogP contribution in [0.15, 0.2) is 103 Å². The first kappa shape index (κ1) is 23.9. The van der Waals surface area contributed by atoms with Crippen LogP contribution in [0.5, 0.6) is 11.5 Å². The molecule has 1 aliphatic carbocycles. The molecule has 0 unspecified atom stereocenters. The lowest BCUT2D eigenvalue weighted by atomic mass is 9.69. The second-order valence-corrected chi connectivity index (χ2v) is 9.39. The number of rotatable bonds is 10. The number of hydrogen-bond donors (Lipinski definition) is 0. The van der Waals surface area contributed by atoms with Crippen molar-refractivity contribution in [2.45, 2.75) is 44.1 Å². The molecule has 5 rings (SSSR count). The molecule has 4 aromatic carbocycles. The van der Waals surface area contributed by atoms with Crippen LogP contribution in [-0.4, -0.2) is 12.9 Å². The van der Waals surface area contributed by atoms with Gasteiger partial charge in [0, 0.05) is 12.3 Å². The molecule has 4 aromatic rings. The first-order valence-corrected chi connectivity index (χ1v) is 12.8. The number of fused-ring (bicyclic) bond motifs is 1. The number of unbranched alkanes of at least 4 members (excludes halogenated alkanes) is 1. The fourth-order valence-corrected chi connectivity index (χ4v) is 5.23. The summed E-state index contributed by atoms with van der Waals surface area (Å²) >= 11 is 0. The molecule has 0 spiro atoms. The van der Waals surface area contributed by atoms with Gasteiger partial charge in [0.1, 0.15) is 24.4 Å². The van der Waals surface area contributed by atoms with Crippen molar-refractivity contribution in [3.63, 3.8) is 0 Å². The molecule has 182 valence electrons. The van der Waals surface area contributed by atoms with E-state index in [0.29, 0.717) is 25.6 Å². The highest BCUT2D eigenvalue weighted by Gasteiger charge is 2.32. The van der Waals surface area contributed by atoms with Gasteiger partial charge in [-0.15, -0.1) is 0 Å². The number of carbonyl (C=O) groups excluding carboxylic acids is 1. The van der Waals surface area contributed by atoms with E-state index in [2.05, 4.69) is 84.9 Å². The predicted molar refractivity (Wildman–Crippen MR) is 144 cm³/mol. The zero-order valence-electron chi connectivity index (χ0n) is 20.5. The SMILES string of the molecule is O=CCCCOc1ccc([C@@H]2c3ccc(OCc4ccccc4)cc3CC[C@@H]2c2ccccc2)cc1. The van der Waals surface area contributed by atoms with Crippen LogP contribution in [0, 0.1) is 0 Å². The fraction of sp³-hybridized carbons (Fsp3) is 0.242. The second-order valence-electron chi connectivity index (χ2n) is 9.39. The number of carbonyl (C=O) groups is 1. The molecule has 0 heterocycles. The van der Waals surface area contributed by atoms with Crippen LogP contribution >= 0.6 is 0 Å². The maximum absolute atomic E-state index is 10.5. The number of ether oxygens (including phenoxy) is 2. The average molecular weight is 477 g/mol. The average Bonchev–Trinajstić information content (AvgIpc) is 2.95. The highest BCUT2D eigenvalue weighted by molar-refractivity contribution is 5.49. The maximum atomic E-state index is 10.5. The van der Waals surface area contributed by atoms with E-state index in [-0.39, 0.29) is 5.92 Å². The van der Waals surface area contributed by atoms with Crippen molar-refractivity contribution < 1.29 is 14.3 Å². The lowest BCUT2D eigenvalue weighted by Crippen LogP contribution is -2.20. The Hall–Kier alpha value is -3.85. The molecule has 0 aliphatic heterocycles. The molecule has 36 heavy (non-hydrogen) atoms. The van der Waals surface area contributed by atoms with Gasteiger partial charge in [-0.3, -0.25) is 0 Å². The van der Waals surface area contributed by atoms with Gasteiger partial charge in [0.05, 0.1) is 6.61 Å². The summed E-state index contributed by atoms with van der Waals surface area (Å²) in [4.78, 5) is 10.5. The summed E-state index contributed by atoms with van der Waals surface area (Å²) < 4.78 is 12.0. The van der Waals surface area contributed by atoms with Crippen molar-refractivity contribution in [1.29, 1.82) is 0 Å². The second kappa shape index (κ2) is 11.7. The largest absolute Gasteiger partial charge is 0.494 e. The molecular formula is C33H32O3. The van der Waals surface area contributed by atoms with Gasteiger partial charge in [-0.25, -0.2) is 0 Å². The van der Waals surface area contributed by atoms with Crippen LogP contribution in [-0.2, 0) is 17.8 Å². The number of aryl methyl sites for hydroxylation is 1. The summed E-state index contributed by atoms with van der Waals surface area (Å²) in [5.41, 5.74) is 6.59. The number of aldehydes is 1. The topological polar surface area (TPSA) is 35.5 Å². The molecule has 0 bridgehead atoms. The van der Waals surface area contributed by atoms with Crippen LogP contribution in [0.3, 0.4) is 0 Å². The molecule has 0 fully saturated rings. The standard InChI is InChI=1S/C33H32O3/c34-21-7-8-22-35-29-16-13-27(14-17-29)33-31(26-11-5-2-6-12-26)19-15-28-23-30(18-20-32(28)33)36-24-25-9-3-1-4-10-25/h1-6,9-14,16-18,20-21,23,31,33H,7-8,15,19,22,24H2/t31-,33+/m1/s1. The van der Waals surface area contributed by atoms with Gasteiger partial charge in [0.25, 0.3) is 0 Å². The molecule has 0 radical (unpaired) electrons. The summed E-state index contributed by atoms with van der Waals surface area (Å²) in [7, 11) is 0. The summed E-state index contributed by atoms with van der Waals surface area (Å²) in [5, 5.41) is 0. The lowest BCUT2D eigenvalue weighted by molar-refractivity contribution is -0.108. The molecule has 0 saturated heterocycles. The Labute approximate surface area is 213 Å². The Balaban J connectivity index is 1.40. The molecule has 2 atom stereocenters. The summed E-state index contributed by atoms with van der Waals surface area (Å²) in [6, 6.07) is 36.3. The molecule has 0 saturated carbocycles. The van der Waals surface area contributed by atoms with E-state index < -0.39 is 0 Å². The molecule has 0 N–H and O–H groups in total. The molecule has 3 nitrogen and oxygen atoms in total. The summed E-state index contributed by atoms with van der Waals surface area (Å²) in [5.74, 6) is 2.45. The Kier molecular flexibility index (Phi) is 7.77. The van der Waals surface area contributed by atoms with Gasteiger partial charge in [-0.1, -0.05) is 78.9 Å². The third-order valence-corrected chi connectivity index (χ3v) is 7.03. The highest BCUT2D eigenvalue weighted by Crippen LogP contribution is 2.47. The zero-order chi connectivity index (χ0) is 24.6. The van der Waals surface area contributed by atoms with E-state index in [0.717, 1.165) is 37.0 Å². The number of benzene rings is 4. The lowest BCUT2D eigenvalue weighted by Gasteiger charge is -2.35. The van der Waals surface area contributed by atoms with Crippen molar-refractivity contribution >= 4 is 6.29 Å². The Morgan fingerprint density at radius 3 is 2.22 bits per heavy atom. The minimum atomic E-state index is 0.267. The smallest absolute Gasteiger partial charge is 0.120 e. The van der Waals surface area contributed by atoms with Crippen LogP contribution in [0.1, 0.15) is 58.9 Å². The third kappa shape index (κ3) is 5.68. The van der Waals surface area contributed by atoms with E-state index >= 15 is 0 Å². The minimum Gasteiger partial charge on any atom is -0.494 e. The van der Waals surface area contributed by atoms with Crippen molar-refractivity contribution in [2.75, 3.05) is 6.61 Å². The molecule has 0 amide bonds.